The van der Waals surface area contributed by atoms with Crippen molar-refractivity contribution in [3.05, 3.63) is 35.4 Å². The molecule has 1 aliphatic heterocycles. The van der Waals surface area contributed by atoms with Gasteiger partial charge in [0.25, 0.3) is 0 Å². The van der Waals surface area contributed by atoms with Gasteiger partial charge in [-0.1, -0.05) is 24.3 Å². The van der Waals surface area contributed by atoms with Gasteiger partial charge in [-0.25, -0.2) is 0 Å². The molecule has 0 N–H and O–H groups in total. The third-order valence-corrected chi connectivity index (χ3v) is 3.57. The summed E-state index contributed by atoms with van der Waals surface area (Å²) in [6, 6.07) is 7.59. The Balaban J connectivity index is 2.03. The molecule has 0 radical (unpaired) electrons. The summed E-state index contributed by atoms with van der Waals surface area (Å²) in [4.78, 5) is 27.7. The van der Waals surface area contributed by atoms with Crippen molar-refractivity contribution in [1.82, 2.24) is 9.80 Å². The topological polar surface area (TPSA) is 40.6 Å². The molecule has 1 fully saturated rings. The maximum absolute atomic E-state index is 12.3. The van der Waals surface area contributed by atoms with Gasteiger partial charge in [-0.05, 0) is 18.9 Å². The summed E-state index contributed by atoms with van der Waals surface area (Å²) in [6.45, 7) is 4.18. The molecule has 0 spiro atoms. The fourth-order valence-corrected chi connectivity index (χ4v) is 2.36. The minimum atomic E-state index is 0.0927. The van der Waals surface area contributed by atoms with Gasteiger partial charge in [-0.3, -0.25) is 14.5 Å². The first-order chi connectivity index (χ1) is 9.08. The van der Waals surface area contributed by atoms with E-state index in [0.717, 1.165) is 30.6 Å². The summed E-state index contributed by atoms with van der Waals surface area (Å²) in [5, 5.41) is 0. The van der Waals surface area contributed by atoms with Crippen molar-refractivity contribution in [3.63, 3.8) is 0 Å². The van der Waals surface area contributed by atoms with E-state index in [1.54, 1.807) is 4.90 Å². The first-order valence-corrected chi connectivity index (χ1v) is 6.63. The summed E-state index contributed by atoms with van der Waals surface area (Å²) in [5.74, 6) is 0.186. The number of aryl methyl sites for hydroxylation is 1. The van der Waals surface area contributed by atoms with E-state index in [4.69, 9.17) is 0 Å². The first-order valence-electron chi connectivity index (χ1n) is 6.63. The van der Waals surface area contributed by atoms with E-state index < -0.39 is 0 Å². The van der Waals surface area contributed by atoms with Gasteiger partial charge in [-0.15, -0.1) is 0 Å². The highest BCUT2D eigenvalue weighted by molar-refractivity contribution is 5.99. The minimum Gasteiger partial charge on any atom is -0.345 e. The van der Waals surface area contributed by atoms with Crippen molar-refractivity contribution in [2.75, 3.05) is 33.2 Å². The third kappa shape index (κ3) is 3.41. The van der Waals surface area contributed by atoms with Gasteiger partial charge in [0.2, 0.25) is 5.91 Å². The molecule has 1 aromatic carbocycles. The zero-order valence-corrected chi connectivity index (χ0v) is 11.6. The molecule has 4 heteroatoms. The second-order valence-corrected chi connectivity index (χ2v) is 5.12. The van der Waals surface area contributed by atoms with Crippen LogP contribution in [0.1, 0.15) is 22.3 Å². The average Bonchev–Trinajstić information content (AvgIpc) is 2.52. The average molecular weight is 260 g/mol. The van der Waals surface area contributed by atoms with Crippen molar-refractivity contribution in [1.29, 1.82) is 0 Å². The van der Waals surface area contributed by atoms with Crippen LogP contribution in [0.25, 0.3) is 0 Å². The summed E-state index contributed by atoms with van der Waals surface area (Å²) >= 11 is 0. The lowest BCUT2D eigenvalue weighted by atomic mass is 10.0. The highest BCUT2D eigenvalue weighted by Crippen LogP contribution is 2.10. The largest absolute Gasteiger partial charge is 0.345 e. The molecule has 0 aliphatic carbocycles. The summed E-state index contributed by atoms with van der Waals surface area (Å²) < 4.78 is 0. The van der Waals surface area contributed by atoms with Gasteiger partial charge in [0.1, 0.15) is 0 Å². The Bertz CT molecular complexity index is 485. The number of hydrogen-bond donors (Lipinski definition) is 0. The van der Waals surface area contributed by atoms with Gasteiger partial charge in [0.05, 0.1) is 13.1 Å². The van der Waals surface area contributed by atoms with E-state index in [2.05, 4.69) is 0 Å². The minimum absolute atomic E-state index is 0.0927. The summed E-state index contributed by atoms with van der Waals surface area (Å²) in [6.07, 6.45) is 0.920. The van der Waals surface area contributed by atoms with Crippen LogP contribution in [0.2, 0.25) is 0 Å². The number of ketones is 1. The number of Topliss-reactive ketones (excluding diaryl/α,β-unsaturated/α-hetero) is 1. The lowest BCUT2D eigenvalue weighted by molar-refractivity contribution is -0.129. The Labute approximate surface area is 114 Å². The number of rotatable bonds is 3. The summed E-state index contributed by atoms with van der Waals surface area (Å²) in [5.41, 5.74) is 1.75. The molecule has 0 saturated carbocycles. The third-order valence-electron chi connectivity index (χ3n) is 3.57. The van der Waals surface area contributed by atoms with E-state index in [1.165, 1.54) is 0 Å². The molecule has 19 heavy (non-hydrogen) atoms. The van der Waals surface area contributed by atoms with Gasteiger partial charge < -0.3 is 4.90 Å². The number of benzene rings is 1. The number of amides is 1. The predicted molar refractivity (Wildman–Crippen MR) is 74.2 cm³/mol. The Morgan fingerprint density at radius 2 is 2.00 bits per heavy atom. The molecule has 1 aliphatic rings. The van der Waals surface area contributed by atoms with E-state index in [1.807, 2.05) is 43.1 Å². The predicted octanol–water partition coefficient (Wildman–Crippen LogP) is 1.34. The first kappa shape index (κ1) is 13.7. The highest BCUT2D eigenvalue weighted by atomic mass is 16.2. The van der Waals surface area contributed by atoms with Crippen LogP contribution in [0.15, 0.2) is 24.3 Å². The van der Waals surface area contributed by atoms with E-state index in [-0.39, 0.29) is 11.7 Å². The number of likely N-dealkylation sites (N-methyl/N-ethyl adjacent to an activating group) is 1. The van der Waals surface area contributed by atoms with Gasteiger partial charge >= 0.3 is 0 Å². The number of nitrogens with zero attached hydrogens (tertiary/aromatic N) is 2. The van der Waals surface area contributed by atoms with Crippen molar-refractivity contribution in [2.45, 2.75) is 13.3 Å². The fraction of sp³-hybridized carbons (Fsp3) is 0.467. The maximum Gasteiger partial charge on any atom is 0.236 e. The maximum atomic E-state index is 12.3. The smallest absolute Gasteiger partial charge is 0.236 e. The Kier molecular flexibility index (Phi) is 4.32. The van der Waals surface area contributed by atoms with Crippen LogP contribution in [0, 0.1) is 6.92 Å². The van der Waals surface area contributed by atoms with Crippen LogP contribution < -0.4 is 0 Å². The quantitative estimate of drug-likeness (QED) is 0.770. The van der Waals surface area contributed by atoms with Crippen LogP contribution in [0.5, 0.6) is 0 Å². The molecule has 1 saturated heterocycles. The van der Waals surface area contributed by atoms with Crippen LogP contribution >= 0.6 is 0 Å². The van der Waals surface area contributed by atoms with Crippen LogP contribution in [-0.2, 0) is 4.79 Å². The highest BCUT2D eigenvalue weighted by Gasteiger charge is 2.21. The molecule has 0 bridgehead atoms. The number of carbonyl (C=O) groups excluding carboxylic acids is 2. The molecular formula is C15H20N2O2. The Hall–Kier alpha value is -1.68. The molecular weight excluding hydrogens is 240 g/mol. The van der Waals surface area contributed by atoms with Crippen molar-refractivity contribution < 1.29 is 9.59 Å². The second kappa shape index (κ2) is 5.97. The normalized spacial score (nSPS) is 17.4. The van der Waals surface area contributed by atoms with Crippen molar-refractivity contribution in [3.8, 4) is 0 Å². The number of carbonyl (C=O) groups is 2. The molecule has 0 aromatic heterocycles. The molecule has 0 atom stereocenters. The van der Waals surface area contributed by atoms with E-state index >= 15 is 0 Å². The Morgan fingerprint density at radius 1 is 1.26 bits per heavy atom. The SMILES string of the molecule is Cc1ccccc1C(=O)CN1CCCN(C)C(=O)C1. The Morgan fingerprint density at radius 3 is 2.74 bits per heavy atom. The molecule has 0 unspecified atom stereocenters. The number of hydrogen-bond acceptors (Lipinski definition) is 3. The molecule has 1 amide bonds. The molecule has 102 valence electrons. The lowest BCUT2D eigenvalue weighted by Gasteiger charge is -2.18. The molecule has 1 heterocycles. The second-order valence-electron chi connectivity index (χ2n) is 5.12. The molecule has 1 aromatic rings. The lowest BCUT2D eigenvalue weighted by Crippen LogP contribution is -2.37. The zero-order chi connectivity index (χ0) is 13.8. The van der Waals surface area contributed by atoms with Crippen molar-refractivity contribution >= 4 is 11.7 Å². The van der Waals surface area contributed by atoms with Gasteiger partial charge in [0, 0.05) is 25.7 Å². The van der Waals surface area contributed by atoms with Crippen LogP contribution in [0.3, 0.4) is 0 Å². The standard InChI is InChI=1S/C15H20N2O2/c1-12-6-3-4-7-13(12)14(18)10-17-9-5-8-16(2)15(19)11-17/h3-4,6-7H,5,8-11H2,1-2H3. The molecule has 2 rings (SSSR count). The van der Waals surface area contributed by atoms with Crippen LogP contribution in [0.4, 0.5) is 0 Å². The summed E-state index contributed by atoms with van der Waals surface area (Å²) in [7, 11) is 1.81. The zero-order valence-electron chi connectivity index (χ0n) is 11.6. The van der Waals surface area contributed by atoms with Gasteiger partial charge in [0.15, 0.2) is 5.78 Å². The molecule has 4 nitrogen and oxygen atoms in total. The van der Waals surface area contributed by atoms with E-state index in [0.29, 0.717) is 13.1 Å². The fourth-order valence-electron chi connectivity index (χ4n) is 2.36. The van der Waals surface area contributed by atoms with E-state index in [9.17, 15) is 9.59 Å². The van der Waals surface area contributed by atoms with Crippen molar-refractivity contribution in [2.24, 2.45) is 0 Å². The van der Waals surface area contributed by atoms with Crippen LogP contribution in [-0.4, -0.2) is 54.7 Å². The van der Waals surface area contributed by atoms with Gasteiger partial charge in [-0.2, -0.15) is 0 Å². The monoisotopic (exact) mass is 260 g/mol.